The molecular formula is C92H112N6+6. The van der Waals surface area contributed by atoms with Crippen LogP contribution >= 0.6 is 0 Å². The third-order valence-corrected chi connectivity index (χ3v) is 18.0. The molecule has 0 saturated carbocycles. The Balaban J connectivity index is 0.000000180. The Bertz CT molecular complexity index is 4960. The molecule has 0 aliphatic carbocycles. The fourth-order valence-corrected chi connectivity index (χ4v) is 12.6. The summed E-state index contributed by atoms with van der Waals surface area (Å²) in [4.78, 5) is 0. The number of hydrogen-bond donors (Lipinski definition) is 0. The summed E-state index contributed by atoms with van der Waals surface area (Å²) in [5.41, 5.74) is 36.8. The van der Waals surface area contributed by atoms with Gasteiger partial charge in [-0.15, -0.1) is 0 Å². The van der Waals surface area contributed by atoms with Crippen LogP contribution in [0, 0.1) is 138 Å². The van der Waals surface area contributed by atoms with Crippen molar-refractivity contribution in [2.75, 3.05) is 0 Å². The van der Waals surface area contributed by atoms with Gasteiger partial charge in [-0.3, -0.25) is 0 Å². The predicted octanol–water partition coefficient (Wildman–Crippen LogP) is 19.2. The van der Waals surface area contributed by atoms with Crippen LogP contribution in [0.4, 0.5) is 0 Å². The summed E-state index contributed by atoms with van der Waals surface area (Å²) in [5.74, 6) is 0. The summed E-state index contributed by atoms with van der Waals surface area (Å²) in [6, 6.07) is 62.3. The quantitative estimate of drug-likeness (QED) is 0.148. The summed E-state index contributed by atoms with van der Waals surface area (Å²) in [7, 11) is 12.1. The Morgan fingerprint density at radius 1 is 0.194 bits per heavy atom. The smallest absolute Gasteiger partial charge is 0.201 e. The number of benzene rings is 6. The normalized spacial score (nSPS) is 12.3. The number of aromatic nitrogens is 6. The highest BCUT2D eigenvalue weighted by atomic mass is 15.0. The lowest BCUT2D eigenvalue weighted by molar-refractivity contribution is -0.666. The van der Waals surface area contributed by atoms with E-state index in [-0.39, 0.29) is 5.56 Å². The molecule has 0 amide bonds. The number of nitrogens with zero attached hydrogens (tertiary/aromatic N) is 6. The van der Waals surface area contributed by atoms with Gasteiger partial charge in [0.15, 0.2) is 36.2 Å². The van der Waals surface area contributed by atoms with E-state index in [1.54, 1.807) is 60.4 Å². The number of aryl methyl sites for hydroxylation is 24. The van der Waals surface area contributed by atoms with Gasteiger partial charge in [0.1, 0.15) is 42.3 Å². The van der Waals surface area contributed by atoms with E-state index in [1.165, 1.54) is 134 Å². The highest BCUT2D eigenvalue weighted by Gasteiger charge is 2.19. The summed E-state index contributed by atoms with van der Waals surface area (Å²) in [6.45, 7) is 29.7. The van der Waals surface area contributed by atoms with Crippen LogP contribution in [0.1, 0.15) is 124 Å². The van der Waals surface area contributed by atoms with Gasteiger partial charge in [-0.25, -0.2) is 18.3 Å². The third kappa shape index (κ3) is 20.2. The first-order valence-electron chi connectivity index (χ1n) is 38.3. The molecule has 6 aromatic carbocycles. The maximum absolute atomic E-state index is 7.45. The molecule has 6 heteroatoms. The summed E-state index contributed by atoms with van der Waals surface area (Å²) in [5, 5.41) is 0. The van der Waals surface area contributed by atoms with Gasteiger partial charge >= 0.3 is 0 Å². The second-order valence-electron chi connectivity index (χ2n) is 27.1. The summed E-state index contributed by atoms with van der Waals surface area (Å²) in [6.07, 6.45) is 7.59. The van der Waals surface area contributed by atoms with Crippen molar-refractivity contribution >= 4 is 0 Å². The maximum atomic E-state index is 7.45. The first-order chi connectivity index (χ1) is 49.9. The van der Waals surface area contributed by atoms with Crippen molar-refractivity contribution in [1.29, 1.82) is 0 Å². The summed E-state index contributed by atoms with van der Waals surface area (Å²) >= 11 is 0. The molecule has 0 atom stereocenters. The van der Waals surface area contributed by atoms with Crippen molar-refractivity contribution in [3.05, 3.63) is 318 Å². The van der Waals surface area contributed by atoms with E-state index in [9.17, 15) is 0 Å². The van der Waals surface area contributed by atoms with Crippen molar-refractivity contribution < 1.29 is 39.7 Å². The van der Waals surface area contributed by atoms with Gasteiger partial charge in [-0.1, -0.05) is 106 Å². The van der Waals surface area contributed by atoms with E-state index < -0.39 is 20.6 Å². The van der Waals surface area contributed by atoms with Gasteiger partial charge in [0, 0.05) is 130 Å². The molecule has 98 heavy (non-hydrogen) atoms. The molecular weight excluding hydrogens is 1190 g/mol. The lowest BCUT2D eigenvalue weighted by atomic mass is 10.0. The zero-order valence-electron chi connectivity index (χ0n) is 71.8. The molecule has 6 aromatic heterocycles. The largest absolute Gasteiger partial charge is 0.212 e. The molecule has 0 radical (unpaired) electrons. The summed E-state index contributed by atoms with van der Waals surface area (Å²) < 4.78 is 79.5. The van der Waals surface area contributed by atoms with E-state index in [4.69, 9.17) is 12.3 Å². The molecule has 6 nitrogen and oxygen atoms in total. The molecule has 0 unspecified atom stereocenters. The van der Waals surface area contributed by atoms with Crippen molar-refractivity contribution in [3.8, 4) is 67.5 Å². The minimum Gasteiger partial charge on any atom is -0.201 e. The Morgan fingerprint density at radius 2 is 0.439 bits per heavy atom. The Hall–Kier alpha value is -9.78. The number of rotatable bonds is 6. The maximum Gasteiger partial charge on any atom is 0.212 e. The van der Waals surface area contributed by atoms with Crippen LogP contribution < -0.4 is 27.4 Å². The molecule has 12 aromatic rings. The lowest BCUT2D eigenvalue weighted by Gasteiger charge is -2.08. The van der Waals surface area contributed by atoms with E-state index in [2.05, 4.69) is 309 Å². The second kappa shape index (κ2) is 33.9. The number of pyridine rings is 6. The molecule has 0 fully saturated rings. The molecule has 0 bridgehead atoms. The van der Waals surface area contributed by atoms with E-state index in [1.807, 2.05) is 24.6 Å². The topological polar surface area (TPSA) is 23.3 Å². The molecule has 0 N–H and O–H groups in total. The molecule has 0 aliphatic heterocycles. The molecule has 0 spiro atoms. The average molecular weight is 1310 g/mol. The van der Waals surface area contributed by atoms with E-state index >= 15 is 0 Å². The van der Waals surface area contributed by atoms with Crippen molar-refractivity contribution in [3.63, 3.8) is 0 Å². The highest BCUT2D eigenvalue weighted by molar-refractivity contribution is 5.66. The van der Waals surface area contributed by atoms with Crippen LogP contribution in [0.3, 0.4) is 0 Å². The Kier molecular flexibility index (Phi) is 21.8. The van der Waals surface area contributed by atoms with Gasteiger partial charge in [-0.2, -0.15) is 9.13 Å². The van der Waals surface area contributed by atoms with Crippen molar-refractivity contribution in [2.45, 2.75) is 138 Å². The molecule has 0 saturated heterocycles. The van der Waals surface area contributed by atoms with Crippen LogP contribution in [0.15, 0.2) is 207 Å². The standard InChI is InChI=1S/2C16H20N.4C15H18N/c2*1-11-6-7-15(13(3)8-11)16-10-12(2)9-14(4)17(16)5;2*1-11-5-7-14(13(3)9-11)15-8-6-12(2)10-16(15)4;2*1-11-5-7-13(3)14(9-11)15-8-6-12(2)10-16(15)4/h2*6-10H,1-5H3;4*5-10H,1-4H3/q6*+1/i;;1D3,2D3;;2D3;. The van der Waals surface area contributed by atoms with Crippen LogP contribution in [0.2, 0.25) is 0 Å². The SMILES string of the molecule is Cc1ccc(-c2cc(C)cc(C)[n+]2C)c(C)c1.Cc1ccc(-c2cc(C)cc(C)[n+]2C)c(C)c1.Cc1ccc(-c2ccc(C)c[n+]2C)c(C)c1.Cc1ccc(C)c(-c2ccc(C)c[n+]2C)c1.[2H]C([2H])([2H])c1ccc(-c2cc(C)ccc2C)[n+](C)c1.[2H]C([2H])([2H])c1ccc(-c2ccc(C([2H])([2H])[2H])c[n+]2C)c(C)c1. The lowest BCUT2D eigenvalue weighted by Crippen LogP contribution is -2.35. The molecule has 12 rings (SSSR count). The second-order valence-corrected chi connectivity index (χ2v) is 27.1. The van der Waals surface area contributed by atoms with Crippen molar-refractivity contribution in [1.82, 2.24) is 0 Å². The van der Waals surface area contributed by atoms with Crippen LogP contribution in [0.25, 0.3) is 67.5 Å². The Labute approximate surface area is 603 Å². The minimum atomic E-state index is -2.14. The highest BCUT2D eigenvalue weighted by Crippen LogP contribution is 2.28. The average Bonchev–Trinajstić information content (AvgIpc) is 0.793. The van der Waals surface area contributed by atoms with Gasteiger partial charge in [0.2, 0.25) is 34.2 Å². The van der Waals surface area contributed by atoms with Crippen LogP contribution in [0.5, 0.6) is 0 Å². The van der Waals surface area contributed by atoms with E-state index in [0.29, 0.717) is 11.1 Å². The molecule has 6 heterocycles. The first-order valence-corrected chi connectivity index (χ1v) is 33.8. The number of hydrogen-bond acceptors (Lipinski definition) is 0. The minimum absolute atomic E-state index is 0.274. The van der Waals surface area contributed by atoms with E-state index in [0.717, 1.165) is 28.1 Å². The fourth-order valence-electron chi connectivity index (χ4n) is 12.6. The third-order valence-electron chi connectivity index (χ3n) is 18.0. The van der Waals surface area contributed by atoms with Gasteiger partial charge < -0.3 is 0 Å². The fraction of sp³-hybridized carbons (Fsp3) is 0.283. The van der Waals surface area contributed by atoms with Gasteiger partial charge in [0.05, 0.1) is 0 Å². The zero-order chi connectivity index (χ0) is 79.5. The van der Waals surface area contributed by atoms with Crippen molar-refractivity contribution in [2.24, 2.45) is 42.3 Å². The van der Waals surface area contributed by atoms with Gasteiger partial charge in [-0.05, 0) is 230 Å². The predicted molar refractivity (Wildman–Crippen MR) is 413 cm³/mol. The Morgan fingerprint density at radius 3 is 0.745 bits per heavy atom. The zero-order valence-corrected chi connectivity index (χ0v) is 62.8. The van der Waals surface area contributed by atoms with Gasteiger partial charge in [0.25, 0.3) is 0 Å². The molecule has 0 aliphatic rings. The van der Waals surface area contributed by atoms with Crippen LogP contribution in [-0.2, 0) is 42.3 Å². The molecule has 504 valence electrons. The van der Waals surface area contributed by atoms with Crippen LogP contribution in [-0.4, -0.2) is 0 Å². The first kappa shape index (κ1) is 63.0. The monoisotopic (exact) mass is 1310 g/mol.